The Morgan fingerprint density at radius 2 is 1.58 bits per heavy atom. The van der Waals surface area contributed by atoms with Gasteiger partial charge in [0.2, 0.25) is 5.91 Å². The van der Waals surface area contributed by atoms with E-state index in [1.807, 2.05) is 79.7 Å². The minimum atomic E-state index is -1.56. The van der Waals surface area contributed by atoms with Crippen molar-refractivity contribution in [3.05, 3.63) is 135 Å². The van der Waals surface area contributed by atoms with E-state index in [0.717, 1.165) is 17.7 Å². The average Bonchev–Trinajstić information content (AvgIpc) is 3.52. The maximum Gasteiger partial charge on any atom is 0.269 e. The third-order valence-electron chi connectivity index (χ3n) is 8.38. The molecule has 2 N–H and O–H groups in total. The summed E-state index contributed by atoms with van der Waals surface area (Å²) in [6.45, 7) is 1.25. The zero-order valence-corrected chi connectivity index (χ0v) is 23.9. The van der Waals surface area contributed by atoms with Gasteiger partial charge in [0.1, 0.15) is 17.9 Å². The molecule has 9 nitrogen and oxygen atoms in total. The number of carbonyl (C=O) groups is 2. The van der Waals surface area contributed by atoms with Crippen molar-refractivity contribution in [3.63, 3.8) is 0 Å². The smallest absolute Gasteiger partial charge is 0.269 e. The largest absolute Gasteiger partial charge is 0.492 e. The molecule has 1 spiro atoms. The highest BCUT2D eigenvalue weighted by molar-refractivity contribution is 6.12. The monoisotopic (exact) mass is 576 g/mol. The molecular weight excluding hydrogens is 544 g/mol. The summed E-state index contributed by atoms with van der Waals surface area (Å²) in [6, 6.07) is 30.2. The van der Waals surface area contributed by atoms with Crippen molar-refractivity contribution in [1.82, 2.24) is 10.2 Å². The fraction of sp³-hybridized carbons (Fsp3) is 0.235. The number of fused-ring (bicyclic) bond motifs is 2. The second-order valence-electron chi connectivity index (χ2n) is 11.2. The summed E-state index contributed by atoms with van der Waals surface area (Å²) in [7, 11) is 3.93. The standard InChI is InChI=1S/C34H32N4O5/c1-37(2)19-20-43-26-16-13-24(14-17-26)32(39)30-29(22-9-5-3-6-10-22)31(23-11-7-4-8-12-23)36-34(30)27-21-25(38(41)42)15-18-28(27)35-33(34)40/h3-18,21,29-31,36H,19-20H2,1-2H3,(H,35,40)/t29-,30?,31+,34?/m0/s1. The number of Topliss-reactive ketones (excluding diaryl/α,β-unsaturated/α-hetero) is 1. The molecule has 0 aromatic heterocycles. The van der Waals surface area contributed by atoms with E-state index in [0.29, 0.717) is 29.2 Å². The van der Waals surface area contributed by atoms with Crippen molar-refractivity contribution in [2.45, 2.75) is 17.5 Å². The number of carbonyl (C=O) groups excluding carboxylic acids is 2. The molecule has 1 saturated heterocycles. The Morgan fingerprint density at radius 1 is 0.930 bits per heavy atom. The molecule has 1 fully saturated rings. The Hall–Kier alpha value is -4.86. The van der Waals surface area contributed by atoms with Gasteiger partial charge in [0, 0.05) is 47.5 Å². The maximum absolute atomic E-state index is 14.8. The number of nitrogens with zero attached hydrogens (tertiary/aromatic N) is 2. The molecule has 2 aliphatic heterocycles. The normalized spacial score (nSPS) is 22.4. The highest BCUT2D eigenvalue weighted by atomic mass is 16.6. The SMILES string of the molecule is CN(C)CCOc1ccc(C(=O)C2[C@H](c3ccccc3)[C@@H](c3ccccc3)NC23C(=O)Nc2ccc([N+](=O)[O-])cc23)cc1. The van der Waals surface area contributed by atoms with Crippen LogP contribution in [0.1, 0.15) is 39.0 Å². The van der Waals surface area contributed by atoms with Crippen LogP contribution in [-0.2, 0) is 10.3 Å². The molecule has 0 aliphatic carbocycles. The van der Waals surface area contributed by atoms with Gasteiger partial charge in [-0.05, 0) is 55.6 Å². The highest BCUT2D eigenvalue weighted by Gasteiger charge is 2.64. The molecule has 4 atom stereocenters. The van der Waals surface area contributed by atoms with Crippen LogP contribution in [-0.4, -0.2) is 48.8 Å². The molecule has 0 saturated carbocycles. The summed E-state index contributed by atoms with van der Waals surface area (Å²) < 4.78 is 5.84. The Kier molecular flexibility index (Phi) is 7.52. The molecule has 2 aliphatic rings. The van der Waals surface area contributed by atoms with E-state index in [1.165, 1.54) is 18.2 Å². The number of hydrogen-bond donors (Lipinski definition) is 2. The highest BCUT2D eigenvalue weighted by Crippen LogP contribution is 2.57. The first-order valence-corrected chi connectivity index (χ1v) is 14.2. The molecule has 0 radical (unpaired) electrons. The van der Waals surface area contributed by atoms with Crippen molar-refractivity contribution in [3.8, 4) is 5.75 Å². The van der Waals surface area contributed by atoms with Crippen LogP contribution in [0.2, 0.25) is 0 Å². The number of nitro groups is 1. The van der Waals surface area contributed by atoms with Crippen LogP contribution >= 0.6 is 0 Å². The van der Waals surface area contributed by atoms with E-state index < -0.39 is 34.2 Å². The number of nitrogens with one attached hydrogen (secondary N) is 2. The van der Waals surface area contributed by atoms with Gasteiger partial charge in [-0.3, -0.25) is 25.0 Å². The maximum atomic E-state index is 14.8. The summed E-state index contributed by atoms with van der Waals surface area (Å²) in [5, 5.41) is 18.3. The van der Waals surface area contributed by atoms with E-state index in [4.69, 9.17) is 4.74 Å². The first-order chi connectivity index (χ1) is 20.8. The van der Waals surface area contributed by atoms with Gasteiger partial charge < -0.3 is 15.0 Å². The molecule has 2 unspecified atom stereocenters. The molecule has 4 aromatic rings. The molecule has 6 rings (SSSR count). The van der Waals surface area contributed by atoms with Crippen molar-refractivity contribution in [2.24, 2.45) is 5.92 Å². The van der Waals surface area contributed by atoms with Crippen LogP contribution in [0.3, 0.4) is 0 Å². The van der Waals surface area contributed by atoms with Gasteiger partial charge in [0.15, 0.2) is 5.78 Å². The van der Waals surface area contributed by atoms with Crippen LogP contribution < -0.4 is 15.4 Å². The second kappa shape index (κ2) is 11.4. The molecule has 2 heterocycles. The van der Waals surface area contributed by atoms with Crippen molar-refractivity contribution < 1.29 is 19.2 Å². The third-order valence-corrected chi connectivity index (χ3v) is 8.38. The zero-order chi connectivity index (χ0) is 30.1. The van der Waals surface area contributed by atoms with E-state index in [1.54, 1.807) is 24.3 Å². The average molecular weight is 577 g/mol. The lowest BCUT2D eigenvalue weighted by atomic mass is 9.69. The van der Waals surface area contributed by atoms with E-state index in [2.05, 4.69) is 10.6 Å². The number of benzene rings is 4. The molecule has 218 valence electrons. The lowest BCUT2D eigenvalue weighted by Crippen LogP contribution is -2.50. The van der Waals surface area contributed by atoms with Gasteiger partial charge in [-0.25, -0.2) is 0 Å². The number of hydrogen-bond acceptors (Lipinski definition) is 7. The van der Waals surface area contributed by atoms with E-state index >= 15 is 0 Å². The van der Waals surface area contributed by atoms with Crippen molar-refractivity contribution in [1.29, 1.82) is 0 Å². The minimum Gasteiger partial charge on any atom is -0.492 e. The fourth-order valence-corrected chi connectivity index (χ4v) is 6.37. The Bertz CT molecular complexity index is 1660. The molecule has 0 bridgehead atoms. The van der Waals surface area contributed by atoms with Crippen LogP contribution in [0.15, 0.2) is 103 Å². The quantitative estimate of drug-likeness (QED) is 0.158. The molecule has 9 heteroatoms. The van der Waals surface area contributed by atoms with Crippen LogP contribution in [0.25, 0.3) is 0 Å². The van der Waals surface area contributed by atoms with Gasteiger partial charge in [-0.15, -0.1) is 0 Å². The van der Waals surface area contributed by atoms with Crippen LogP contribution in [0.5, 0.6) is 5.75 Å². The first kappa shape index (κ1) is 28.3. The number of nitro benzene ring substituents is 1. The summed E-state index contributed by atoms with van der Waals surface area (Å²) in [5.74, 6) is -1.41. The summed E-state index contributed by atoms with van der Waals surface area (Å²) >= 11 is 0. The predicted octanol–water partition coefficient (Wildman–Crippen LogP) is 5.31. The molecule has 43 heavy (non-hydrogen) atoms. The molecule has 4 aromatic carbocycles. The number of anilines is 1. The van der Waals surface area contributed by atoms with Gasteiger partial charge >= 0.3 is 0 Å². The summed E-state index contributed by atoms with van der Waals surface area (Å²) in [6.07, 6.45) is 0. The van der Waals surface area contributed by atoms with Crippen molar-refractivity contribution in [2.75, 3.05) is 32.6 Å². The van der Waals surface area contributed by atoms with E-state index in [-0.39, 0.29) is 11.5 Å². The fourth-order valence-electron chi connectivity index (χ4n) is 6.37. The lowest BCUT2D eigenvalue weighted by Gasteiger charge is -2.31. The number of likely N-dealkylation sites (N-methyl/N-ethyl adjacent to an activating group) is 1. The number of amides is 1. The Morgan fingerprint density at radius 3 is 2.21 bits per heavy atom. The summed E-state index contributed by atoms with van der Waals surface area (Å²) in [4.78, 5) is 42.3. The van der Waals surface area contributed by atoms with E-state index in [9.17, 15) is 19.7 Å². The molecular formula is C34H32N4O5. The number of rotatable bonds is 9. The number of ketones is 1. The van der Waals surface area contributed by atoms with Gasteiger partial charge in [0.25, 0.3) is 5.69 Å². The van der Waals surface area contributed by atoms with Crippen molar-refractivity contribution >= 4 is 23.1 Å². The lowest BCUT2D eigenvalue weighted by molar-refractivity contribution is -0.384. The predicted molar refractivity (Wildman–Crippen MR) is 163 cm³/mol. The number of ether oxygens (including phenoxy) is 1. The number of non-ortho nitro benzene ring substituents is 1. The minimum absolute atomic E-state index is 0.152. The van der Waals surface area contributed by atoms with Gasteiger partial charge in [-0.2, -0.15) is 0 Å². The summed E-state index contributed by atoms with van der Waals surface area (Å²) in [5.41, 5.74) is 1.35. The second-order valence-corrected chi connectivity index (χ2v) is 11.2. The van der Waals surface area contributed by atoms with Gasteiger partial charge in [-0.1, -0.05) is 60.7 Å². The Labute approximate surface area is 249 Å². The molecule has 1 amide bonds. The first-order valence-electron chi connectivity index (χ1n) is 14.2. The third kappa shape index (κ3) is 5.07. The van der Waals surface area contributed by atoms with Crippen LogP contribution in [0, 0.1) is 16.0 Å². The topological polar surface area (TPSA) is 114 Å². The van der Waals surface area contributed by atoms with Gasteiger partial charge in [0.05, 0.1) is 10.8 Å². The Balaban J connectivity index is 1.51. The zero-order valence-electron chi connectivity index (χ0n) is 23.9. The van der Waals surface area contributed by atoms with Crippen LogP contribution in [0.4, 0.5) is 11.4 Å².